The Morgan fingerprint density at radius 3 is 2.92 bits per heavy atom. The molecule has 0 saturated heterocycles. The fraction of sp³-hybridized carbons (Fsp3) is 0.455. The van der Waals surface area contributed by atoms with E-state index in [2.05, 4.69) is 42.4 Å². The average molecular weight is 176 g/mol. The van der Waals surface area contributed by atoms with Gasteiger partial charge in [0.1, 0.15) is 0 Å². The van der Waals surface area contributed by atoms with Gasteiger partial charge < -0.3 is 10.2 Å². The fourth-order valence-corrected chi connectivity index (χ4v) is 2.19. The number of rotatable bonds is 1. The van der Waals surface area contributed by atoms with Crippen molar-refractivity contribution in [3.8, 4) is 0 Å². The van der Waals surface area contributed by atoms with Crippen LogP contribution in [-0.2, 0) is 0 Å². The summed E-state index contributed by atoms with van der Waals surface area (Å²) in [6, 6.07) is 7.03. The highest BCUT2D eigenvalue weighted by molar-refractivity contribution is 5.64. The van der Waals surface area contributed by atoms with Gasteiger partial charge in [-0.1, -0.05) is 18.2 Å². The molecule has 2 rings (SSSR count). The normalized spacial score (nSPS) is 20.5. The molecule has 1 aromatic carbocycles. The van der Waals surface area contributed by atoms with E-state index < -0.39 is 0 Å². The number of para-hydroxylation sites is 1. The number of anilines is 1. The van der Waals surface area contributed by atoms with E-state index in [1.54, 1.807) is 0 Å². The zero-order valence-corrected chi connectivity index (χ0v) is 8.46. The zero-order chi connectivity index (χ0) is 9.42. The van der Waals surface area contributed by atoms with Gasteiger partial charge in [0, 0.05) is 19.3 Å². The highest BCUT2D eigenvalue weighted by atomic mass is 15.2. The maximum atomic E-state index is 3.34. The first kappa shape index (κ1) is 8.57. The van der Waals surface area contributed by atoms with Crippen molar-refractivity contribution in [2.24, 2.45) is 0 Å². The molecule has 1 aliphatic heterocycles. The molecule has 0 spiro atoms. The minimum Gasteiger partial charge on any atom is -0.372 e. The van der Waals surface area contributed by atoms with Crippen LogP contribution >= 0.6 is 0 Å². The van der Waals surface area contributed by atoms with Crippen molar-refractivity contribution >= 4 is 5.69 Å². The van der Waals surface area contributed by atoms with Gasteiger partial charge in [0.05, 0.1) is 6.04 Å². The summed E-state index contributed by atoms with van der Waals surface area (Å²) in [6.07, 6.45) is 0. The Labute approximate surface area is 79.6 Å². The van der Waals surface area contributed by atoms with E-state index in [9.17, 15) is 0 Å². The molecule has 2 nitrogen and oxygen atoms in total. The lowest BCUT2D eigenvalue weighted by Gasteiger charge is -2.13. The molecule has 0 fully saturated rings. The van der Waals surface area contributed by atoms with Crippen LogP contribution in [0.2, 0.25) is 0 Å². The first-order chi connectivity index (χ1) is 6.24. The van der Waals surface area contributed by atoms with E-state index in [1.165, 1.54) is 16.8 Å². The number of aryl methyl sites for hydroxylation is 1. The van der Waals surface area contributed by atoms with Gasteiger partial charge in [-0.3, -0.25) is 0 Å². The summed E-state index contributed by atoms with van der Waals surface area (Å²) < 4.78 is 0. The van der Waals surface area contributed by atoms with Gasteiger partial charge in [-0.05, 0) is 25.1 Å². The molecule has 1 heterocycles. The quantitative estimate of drug-likeness (QED) is 0.700. The molecule has 0 amide bonds. The number of benzene rings is 1. The highest BCUT2D eigenvalue weighted by Gasteiger charge is 2.25. The van der Waals surface area contributed by atoms with Gasteiger partial charge in [-0.2, -0.15) is 0 Å². The van der Waals surface area contributed by atoms with Crippen molar-refractivity contribution in [2.45, 2.75) is 13.0 Å². The average Bonchev–Trinajstić information content (AvgIpc) is 2.44. The molecule has 0 radical (unpaired) electrons. The number of nitrogens with zero attached hydrogens (tertiary/aromatic N) is 1. The molecule has 1 aromatic rings. The Bertz CT molecular complexity index is 320. The monoisotopic (exact) mass is 176 g/mol. The Hall–Kier alpha value is -1.02. The van der Waals surface area contributed by atoms with E-state index in [0.29, 0.717) is 6.04 Å². The van der Waals surface area contributed by atoms with E-state index in [4.69, 9.17) is 0 Å². The van der Waals surface area contributed by atoms with Crippen LogP contribution < -0.4 is 10.2 Å². The Balaban J connectivity index is 2.51. The lowest BCUT2D eigenvalue weighted by Crippen LogP contribution is -2.22. The third-order valence-corrected chi connectivity index (χ3v) is 2.83. The topological polar surface area (TPSA) is 15.3 Å². The largest absolute Gasteiger partial charge is 0.372 e. The third-order valence-electron chi connectivity index (χ3n) is 2.83. The van der Waals surface area contributed by atoms with Crippen molar-refractivity contribution in [2.75, 3.05) is 25.5 Å². The molecular weight excluding hydrogens is 160 g/mol. The summed E-state index contributed by atoms with van der Waals surface area (Å²) in [5.41, 5.74) is 4.21. The van der Waals surface area contributed by atoms with Crippen LogP contribution in [0.4, 0.5) is 5.69 Å². The number of hydrogen-bond donors (Lipinski definition) is 1. The molecule has 70 valence electrons. The molecule has 1 aliphatic rings. The molecule has 1 unspecified atom stereocenters. The molecule has 0 aliphatic carbocycles. The van der Waals surface area contributed by atoms with Crippen LogP contribution in [0.3, 0.4) is 0 Å². The second-order valence-electron chi connectivity index (χ2n) is 3.73. The van der Waals surface area contributed by atoms with Gasteiger partial charge in [-0.15, -0.1) is 0 Å². The first-order valence-electron chi connectivity index (χ1n) is 4.72. The molecule has 1 atom stereocenters. The molecule has 0 bridgehead atoms. The van der Waals surface area contributed by atoms with E-state index in [1.807, 2.05) is 7.05 Å². The molecule has 1 N–H and O–H groups in total. The Kier molecular flexibility index (Phi) is 2.00. The fourth-order valence-electron chi connectivity index (χ4n) is 2.19. The van der Waals surface area contributed by atoms with Crippen molar-refractivity contribution in [1.82, 2.24) is 5.32 Å². The highest BCUT2D eigenvalue weighted by Crippen LogP contribution is 2.35. The third kappa shape index (κ3) is 1.22. The number of fused-ring (bicyclic) bond motifs is 1. The Morgan fingerprint density at radius 2 is 2.23 bits per heavy atom. The maximum absolute atomic E-state index is 3.34. The van der Waals surface area contributed by atoms with Crippen molar-refractivity contribution in [1.29, 1.82) is 0 Å². The standard InChI is InChI=1S/C11H16N2/c1-8-5-4-6-9-10(12-2)7-13(3)11(8)9/h4-6,10,12H,7H2,1-3H3. The number of nitrogens with one attached hydrogen (secondary N) is 1. The second kappa shape index (κ2) is 3.04. The molecular formula is C11H16N2. The summed E-state index contributed by atoms with van der Waals surface area (Å²) in [5.74, 6) is 0. The lowest BCUT2D eigenvalue weighted by molar-refractivity contribution is 0.626. The lowest BCUT2D eigenvalue weighted by atomic mass is 10.1. The van der Waals surface area contributed by atoms with E-state index >= 15 is 0 Å². The van der Waals surface area contributed by atoms with Crippen LogP contribution in [0.1, 0.15) is 17.2 Å². The van der Waals surface area contributed by atoms with Crippen molar-refractivity contribution in [3.05, 3.63) is 29.3 Å². The molecule has 2 heteroatoms. The van der Waals surface area contributed by atoms with Crippen LogP contribution in [0, 0.1) is 6.92 Å². The first-order valence-corrected chi connectivity index (χ1v) is 4.72. The SMILES string of the molecule is CNC1CN(C)c2c(C)cccc21. The molecule has 0 saturated carbocycles. The van der Waals surface area contributed by atoms with Crippen molar-refractivity contribution in [3.63, 3.8) is 0 Å². The zero-order valence-electron chi connectivity index (χ0n) is 8.46. The second-order valence-corrected chi connectivity index (χ2v) is 3.73. The van der Waals surface area contributed by atoms with Crippen LogP contribution in [0.15, 0.2) is 18.2 Å². The van der Waals surface area contributed by atoms with Gasteiger partial charge in [0.2, 0.25) is 0 Å². The summed E-state index contributed by atoms with van der Waals surface area (Å²) in [4.78, 5) is 2.33. The summed E-state index contributed by atoms with van der Waals surface area (Å²) >= 11 is 0. The van der Waals surface area contributed by atoms with Gasteiger partial charge >= 0.3 is 0 Å². The Morgan fingerprint density at radius 1 is 1.46 bits per heavy atom. The van der Waals surface area contributed by atoms with Crippen LogP contribution in [0.25, 0.3) is 0 Å². The minimum atomic E-state index is 0.500. The van der Waals surface area contributed by atoms with E-state index in [0.717, 1.165) is 6.54 Å². The summed E-state index contributed by atoms with van der Waals surface area (Å²) in [7, 11) is 4.18. The number of hydrogen-bond acceptors (Lipinski definition) is 2. The predicted molar refractivity (Wildman–Crippen MR) is 56.2 cm³/mol. The minimum absolute atomic E-state index is 0.500. The molecule has 0 aromatic heterocycles. The van der Waals surface area contributed by atoms with E-state index in [-0.39, 0.29) is 0 Å². The maximum Gasteiger partial charge on any atom is 0.0516 e. The van der Waals surface area contributed by atoms with Gasteiger partial charge in [0.25, 0.3) is 0 Å². The smallest absolute Gasteiger partial charge is 0.0516 e. The van der Waals surface area contributed by atoms with Gasteiger partial charge in [-0.25, -0.2) is 0 Å². The summed E-state index contributed by atoms with van der Waals surface area (Å²) in [6.45, 7) is 3.25. The molecule has 13 heavy (non-hydrogen) atoms. The van der Waals surface area contributed by atoms with Crippen molar-refractivity contribution < 1.29 is 0 Å². The number of likely N-dealkylation sites (N-methyl/N-ethyl adjacent to an activating group) is 2. The van der Waals surface area contributed by atoms with Crippen LogP contribution in [-0.4, -0.2) is 20.6 Å². The van der Waals surface area contributed by atoms with Crippen LogP contribution in [0.5, 0.6) is 0 Å². The summed E-state index contributed by atoms with van der Waals surface area (Å²) in [5, 5.41) is 3.34. The van der Waals surface area contributed by atoms with Gasteiger partial charge in [0.15, 0.2) is 0 Å². The predicted octanol–water partition coefficient (Wildman–Crippen LogP) is 1.71.